The average Bonchev–Trinajstić information content (AvgIpc) is 2.69. The molecule has 1 N–H and O–H groups in total. The second-order valence-corrected chi connectivity index (χ2v) is 7.46. The third-order valence-corrected chi connectivity index (χ3v) is 5.21. The maximum Gasteiger partial charge on any atom is 0.242 e. The maximum atomic E-state index is 13.2. The molecule has 6 heteroatoms. The minimum atomic E-state index is -0.526. The van der Waals surface area contributed by atoms with E-state index in [-0.39, 0.29) is 18.2 Å². The molecule has 2 amide bonds. The van der Waals surface area contributed by atoms with Gasteiger partial charge in [-0.25, -0.2) is 0 Å². The summed E-state index contributed by atoms with van der Waals surface area (Å²) in [4.78, 5) is 27.5. The highest BCUT2D eigenvalue weighted by atomic mass is 35.5. The number of halogens is 2. The number of amides is 2. The summed E-state index contributed by atoms with van der Waals surface area (Å²) < 4.78 is 0. The summed E-state index contributed by atoms with van der Waals surface area (Å²) in [6, 6.07) is 14.3. The molecule has 150 valence electrons. The molecule has 0 saturated carbocycles. The van der Waals surface area contributed by atoms with E-state index in [0.29, 0.717) is 29.6 Å². The van der Waals surface area contributed by atoms with Gasteiger partial charge in [-0.1, -0.05) is 73.4 Å². The molecule has 28 heavy (non-hydrogen) atoms. The number of carbonyl (C=O) groups is 2. The Morgan fingerprint density at radius 3 is 2.32 bits per heavy atom. The molecule has 4 nitrogen and oxygen atoms in total. The molecule has 0 aliphatic rings. The van der Waals surface area contributed by atoms with Crippen LogP contribution in [0.1, 0.15) is 37.8 Å². The maximum absolute atomic E-state index is 13.2. The first-order chi connectivity index (χ1) is 13.5. The minimum Gasteiger partial charge on any atom is -0.354 e. The molecule has 0 spiro atoms. The van der Waals surface area contributed by atoms with Crippen LogP contribution in [-0.4, -0.2) is 29.3 Å². The predicted octanol–water partition coefficient (Wildman–Crippen LogP) is 4.87. The lowest BCUT2D eigenvalue weighted by molar-refractivity contribution is -0.140. The molecule has 0 aliphatic heterocycles. The van der Waals surface area contributed by atoms with Gasteiger partial charge in [-0.3, -0.25) is 9.59 Å². The van der Waals surface area contributed by atoms with Crippen LogP contribution in [0.2, 0.25) is 10.0 Å². The van der Waals surface area contributed by atoms with E-state index in [9.17, 15) is 9.59 Å². The van der Waals surface area contributed by atoms with Gasteiger partial charge in [0.05, 0.1) is 16.5 Å². The highest BCUT2D eigenvalue weighted by Gasteiger charge is 2.28. The van der Waals surface area contributed by atoms with Crippen LogP contribution in [0.25, 0.3) is 0 Å². The molecule has 0 bridgehead atoms. The molecule has 0 fully saturated rings. The van der Waals surface area contributed by atoms with Gasteiger partial charge in [0, 0.05) is 13.1 Å². The van der Waals surface area contributed by atoms with Crippen molar-refractivity contribution in [3.8, 4) is 0 Å². The van der Waals surface area contributed by atoms with E-state index in [2.05, 4.69) is 5.32 Å². The summed E-state index contributed by atoms with van der Waals surface area (Å²) in [6.07, 6.45) is 1.54. The van der Waals surface area contributed by atoms with Gasteiger partial charge in [0.25, 0.3) is 0 Å². The van der Waals surface area contributed by atoms with Crippen molar-refractivity contribution in [1.82, 2.24) is 10.2 Å². The Kier molecular flexibility index (Phi) is 8.81. The predicted molar refractivity (Wildman–Crippen MR) is 115 cm³/mol. The van der Waals surface area contributed by atoms with Gasteiger partial charge in [-0.2, -0.15) is 0 Å². The van der Waals surface area contributed by atoms with Crippen molar-refractivity contribution in [3.05, 3.63) is 69.7 Å². The molecule has 2 rings (SSSR count). The summed E-state index contributed by atoms with van der Waals surface area (Å²) in [6.45, 7) is 4.88. The first-order valence-corrected chi connectivity index (χ1v) is 10.3. The van der Waals surface area contributed by atoms with Crippen molar-refractivity contribution >= 4 is 35.0 Å². The van der Waals surface area contributed by atoms with Crippen LogP contribution < -0.4 is 5.32 Å². The van der Waals surface area contributed by atoms with Gasteiger partial charge in [0.15, 0.2) is 0 Å². The topological polar surface area (TPSA) is 49.4 Å². The second-order valence-electron chi connectivity index (χ2n) is 6.65. The number of carbonyl (C=O) groups excluding carboxylic acids is 2. The van der Waals surface area contributed by atoms with Gasteiger partial charge < -0.3 is 10.2 Å². The molecular formula is C22H26Cl2N2O2. The van der Waals surface area contributed by atoms with Gasteiger partial charge in [-0.05, 0) is 36.1 Å². The van der Waals surface area contributed by atoms with Crippen molar-refractivity contribution in [2.75, 3.05) is 6.54 Å². The molecule has 2 aromatic carbocycles. The van der Waals surface area contributed by atoms with Crippen molar-refractivity contribution in [1.29, 1.82) is 0 Å². The Bertz CT molecular complexity index is 796. The minimum absolute atomic E-state index is 0.122. The Balaban J connectivity index is 2.25. The number of hydrogen-bond acceptors (Lipinski definition) is 2. The smallest absolute Gasteiger partial charge is 0.242 e. The molecular weight excluding hydrogens is 395 g/mol. The Morgan fingerprint density at radius 2 is 1.71 bits per heavy atom. The lowest BCUT2D eigenvalue weighted by atomic mass is 10.1. The molecule has 0 aliphatic carbocycles. The summed E-state index contributed by atoms with van der Waals surface area (Å²) in [7, 11) is 0. The molecule has 0 heterocycles. The zero-order chi connectivity index (χ0) is 20.5. The Hall–Kier alpha value is -2.04. The summed E-state index contributed by atoms with van der Waals surface area (Å²) in [5.74, 6) is -0.247. The van der Waals surface area contributed by atoms with Gasteiger partial charge >= 0.3 is 0 Å². The summed E-state index contributed by atoms with van der Waals surface area (Å²) in [5, 5.41) is 3.77. The number of nitrogens with one attached hydrogen (secondary N) is 1. The highest BCUT2D eigenvalue weighted by Crippen LogP contribution is 2.23. The summed E-state index contributed by atoms with van der Waals surface area (Å²) >= 11 is 12.1. The molecule has 2 aromatic rings. The van der Waals surface area contributed by atoms with Crippen molar-refractivity contribution in [2.45, 2.75) is 45.7 Å². The number of benzene rings is 2. The molecule has 1 unspecified atom stereocenters. The SMILES string of the molecule is CCCNC(=O)C(CC)N(Cc1ccccc1)C(=O)Cc1ccc(Cl)c(Cl)c1. The quantitative estimate of drug-likeness (QED) is 0.628. The molecule has 0 saturated heterocycles. The van der Waals surface area contributed by atoms with Crippen LogP contribution in [0, 0.1) is 0 Å². The van der Waals surface area contributed by atoms with E-state index >= 15 is 0 Å². The fourth-order valence-corrected chi connectivity index (χ4v) is 3.31. The average molecular weight is 421 g/mol. The Morgan fingerprint density at radius 1 is 1.00 bits per heavy atom. The lowest BCUT2D eigenvalue weighted by Gasteiger charge is -2.30. The van der Waals surface area contributed by atoms with Crippen LogP contribution in [0.15, 0.2) is 48.5 Å². The number of hydrogen-bond donors (Lipinski definition) is 1. The van der Waals surface area contributed by atoms with Crippen LogP contribution >= 0.6 is 23.2 Å². The second kappa shape index (κ2) is 11.1. The zero-order valence-corrected chi connectivity index (χ0v) is 17.8. The fourth-order valence-electron chi connectivity index (χ4n) is 2.99. The first kappa shape index (κ1) is 22.3. The Labute approximate surface area is 176 Å². The fraction of sp³-hybridized carbons (Fsp3) is 0.364. The van der Waals surface area contributed by atoms with Crippen LogP contribution in [0.4, 0.5) is 0 Å². The van der Waals surface area contributed by atoms with E-state index in [1.807, 2.05) is 44.2 Å². The molecule has 0 radical (unpaired) electrons. The van der Waals surface area contributed by atoms with E-state index in [1.165, 1.54) is 0 Å². The van der Waals surface area contributed by atoms with E-state index in [4.69, 9.17) is 23.2 Å². The standard InChI is InChI=1S/C22H26Cl2N2O2/c1-3-12-25-22(28)20(4-2)26(15-16-8-6-5-7-9-16)21(27)14-17-10-11-18(23)19(24)13-17/h5-11,13,20H,3-4,12,14-15H2,1-2H3,(H,25,28). The van der Waals surface area contributed by atoms with E-state index < -0.39 is 6.04 Å². The van der Waals surface area contributed by atoms with Crippen LogP contribution in [-0.2, 0) is 22.6 Å². The number of rotatable bonds is 9. The van der Waals surface area contributed by atoms with E-state index in [1.54, 1.807) is 23.1 Å². The van der Waals surface area contributed by atoms with Gasteiger partial charge in [0.2, 0.25) is 11.8 Å². The lowest BCUT2D eigenvalue weighted by Crippen LogP contribution is -2.49. The van der Waals surface area contributed by atoms with Crippen LogP contribution in [0.3, 0.4) is 0 Å². The monoisotopic (exact) mass is 420 g/mol. The van der Waals surface area contributed by atoms with E-state index in [0.717, 1.165) is 17.5 Å². The van der Waals surface area contributed by atoms with Gasteiger partial charge in [-0.15, -0.1) is 0 Å². The normalized spacial score (nSPS) is 11.7. The molecule has 1 atom stereocenters. The zero-order valence-electron chi connectivity index (χ0n) is 16.3. The third kappa shape index (κ3) is 6.25. The summed E-state index contributed by atoms with van der Waals surface area (Å²) in [5.41, 5.74) is 1.74. The highest BCUT2D eigenvalue weighted by molar-refractivity contribution is 6.42. The van der Waals surface area contributed by atoms with Crippen molar-refractivity contribution in [3.63, 3.8) is 0 Å². The third-order valence-electron chi connectivity index (χ3n) is 4.47. The van der Waals surface area contributed by atoms with Crippen molar-refractivity contribution < 1.29 is 9.59 Å². The van der Waals surface area contributed by atoms with Crippen LogP contribution in [0.5, 0.6) is 0 Å². The largest absolute Gasteiger partial charge is 0.354 e. The van der Waals surface area contributed by atoms with Gasteiger partial charge in [0.1, 0.15) is 6.04 Å². The molecule has 0 aromatic heterocycles. The van der Waals surface area contributed by atoms with Crippen molar-refractivity contribution in [2.24, 2.45) is 0 Å². The first-order valence-electron chi connectivity index (χ1n) is 9.51. The number of nitrogens with zero attached hydrogens (tertiary/aromatic N) is 1.